The van der Waals surface area contributed by atoms with Crippen molar-refractivity contribution in [1.29, 1.82) is 5.26 Å². The van der Waals surface area contributed by atoms with E-state index in [0.29, 0.717) is 23.7 Å². The van der Waals surface area contributed by atoms with E-state index in [4.69, 9.17) is 4.74 Å². The summed E-state index contributed by atoms with van der Waals surface area (Å²) in [5.74, 6) is 0.245. The molecule has 8 nitrogen and oxygen atoms in total. The maximum atomic E-state index is 13.6. The quantitative estimate of drug-likeness (QED) is 0.342. The van der Waals surface area contributed by atoms with Crippen molar-refractivity contribution in [3.8, 4) is 17.3 Å². The van der Waals surface area contributed by atoms with Crippen LogP contribution in [-0.4, -0.2) is 31.8 Å². The molecule has 11 heteroatoms. The van der Waals surface area contributed by atoms with Crippen molar-refractivity contribution in [1.82, 2.24) is 19.3 Å². The van der Waals surface area contributed by atoms with Gasteiger partial charge in [0.05, 0.1) is 47.3 Å². The second-order valence-electron chi connectivity index (χ2n) is 9.06. The van der Waals surface area contributed by atoms with E-state index in [1.54, 1.807) is 23.1 Å². The zero-order chi connectivity index (χ0) is 27.0. The second kappa shape index (κ2) is 9.79. The van der Waals surface area contributed by atoms with Gasteiger partial charge < -0.3 is 14.2 Å². The third-order valence-corrected chi connectivity index (χ3v) is 6.44. The highest BCUT2D eigenvalue weighted by atomic mass is 19.4. The number of nitrogens with zero attached hydrogens (tertiary/aromatic N) is 6. The van der Waals surface area contributed by atoms with E-state index in [-0.39, 0.29) is 30.7 Å². The van der Waals surface area contributed by atoms with Gasteiger partial charge in [-0.05, 0) is 37.6 Å². The first-order valence-electron chi connectivity index (χ1n) is 11.8. The van der Waals surface area contributed by atoms with Gasteiger partial charge in [-0.3, -0.25) is 9.48 Å². The Balaban J connectivity index is 1.42. The van der Waals surface area contributed by atoms with Gasteiger partial charge in [-0.25, -0.2) is 4.98 Å². The average molecular weight is 521 g/mol. The minimum atomic E-state index is -4.67. The molecule has 38 heavy (non-hydrogen) atoms. The van der Waals surface area contributed by atoms with Crippen LogP contribution < -0.4 is 4.90 Å². The van der Waals surface area contributed by atoms with Gasteiger partial charge in [-0.2, -0.15) is 23.5 Å². The number of amides is 1. The molecule has 1 amide bonds. The van der Waals surface area contributed by atoms with Crippen molar-refractivity contribution in [2.24, 2.45) is 0 Å². The van der Waals surface area contributed by atoms with Crippen molar-refractivity contribution < 1.29 is 22.7 Å². The molecular formula is C27H23F3N6O2. The van der Waals surface area contributed by atoms with Gasteiger partial charge in [-0.15, -0.1) is 0 Å². The fourth-order valence-corrected chi connectivity index (χ4v) is 4.52. The predicted octanol–water partition coefficient (Wildman–Crippen LogP) is 5.34. The zero-order valence-electron chi connectivity index (χ0n) is 20.6. The number of hydrogen-bond donors (Lipinski definition) is 0. The number of nitriles is 1. The third-order valence-electron chi connectivity index (χ3n) is 6.44. The van der Waals surface area contributed by atoms with Crippen LogP contribution >= 0.6 is 0 Å². The van der Waals surface area contributed by atoms with E-state index in [9.17, 15) is 23.2 Å². The number of carbonyl (C=O) groups excluding carboxylic acids is 1. The van der Waals surface area contributed by atoms with Crippen molar-refractivity contribution in [2.75, 3.05) is 11.4 Å². The van der Waals surface area contributed by atoms with Crippen molar-refractivity contribution >= 4 is 11.6 Å². The number of ether oxygens (including phenoxy) is 1. The number of anilines is 1. The summed E-state index contributed by atoms with van der Waals surface area (Å²) in [5.41, 5.74) is 0.974. The number of aromatic nitrogens is 4. The Morgan fingerprint density at radius 2 is 1.95 bits per heavy atom. The number of hydrogen-bond acceptors (Lipinski definition) is 5. The predicted molar refractivity (Wildman–Crippen MR) is 132 cm³/mol. The van der Waals surface area contributed by atoms with E-state index in [1.165, 1.54) is 11.0 Å². The van der Waals surface area contributed by atoms with E-state index < -0.39 is 23.2 Å². The summed E-state index contributed by atoms with van der Waals surface area (Å²) < 4.78 is 49.1. The smallest absolute Gasteiger partial charge is 0.356 e. The van der Waals surface area contributed by atoms with Gasteiger partial charge >= 0.3 is 6.18 Å². The minimum Gasteiger partial charge on any atom is -0.356 e. The van der Waals surface area contributed by atoms with Crippen LogP contribution in [0.25, 0.3) is 11.3 Å². The SMILES string of the molecule is Cc1nc(-c2cnn3c2C(=O)N(c2ccc(C(F)(F)F)c(C#N)c2)C[C@@H]3C)cn1COCc1ccccc1. The Hall–Kier alpha value is -4.43. The van der Waals surface area contributed by atoms with Crippen LogP contribution in [0.5, 0.6) is 0 Å². The highest BCUT2D eigenvalue weighted by Crippen LogP contribution is 2.36. The molecule has 2 aromatic carbocycles. The molecule has 1 aliphatic rings. The Morgan fingerprint density at radius 3 is 2.66 bits per heavy atom. The lowest BCUT2D eigenvalue weighted by molar-refractivity contribution is -0.137. The van der Waals surface area contributed by atoms with E-state index in [1.807, 2.05) is 48.7 Å². The molecule has 1 atom stereocenters. The van der Waals surface area contributed by atoms with Crippen LogP contribution in [0, 0.1) is 18.3 Å². The topological polar surface area (TPSA) is 89.0 Å². The van der Waals surface area contributed by atoms with Gasteiger partial charge in [-0.1, -0.05) is 30.3 Å². The first-order valence-corrected chi connectivity index (χ1v) is 11.8. The lowest BCUT2D eigenvalue weighted by atomic mass is 10.0. The Bertz CT molecular complexity index is 1530. The van der Waals surface area contributed by atoms with Crippen molar-refractivity contribution in [3.05, 3.63) is 89.1 Å². The molecule has 3 heterocycles. The number of imidazole rings is 1. The molecule has 0 saturated carbocycles. The molecule has 4 aromatic rings. The Kier molecular flexibility index (Phi) is 6.50. The highest BCUT2D eigenvalue weighted by Gasteiger charge is 2.37. The molecule has 1 aliphatic heterocycles. The van der Waals surface area contributed by atoms with Crippen LogP contribution in [0.2, 0.25) is 0 Å². The summed E-state index contributed by atoms with van der Waals surface area (Å²) in [5, 5.41) is 13.7. The summed E-state index contributed by atoms with van der Waals surface area (Å²) in [6.07, 6.45) is -1.32. The largest absolute Gasteiger partial charge is 0.417 e. The maximum absolute atomic E-state index is 13.6. The summed E-state index contributed by atoms with van der Waals surface area (Å²) in [6, 6.07) is 14.2. The van der Waals surface area contributed by atoms with Gasteiger partial charge in [0, 0.05) is 18.4 Å². The standard InChI is InChI=1S/C27H23F3N6O2/c1-17-13-35(21-8-9-23(27(28,29)30)20(10-21)11-31)26(37)25-22(12-32-36(17)25)24-14-34(18(2)33-24)16-38-15-19-6-4-3-5-7-19/h3-10,12,14,17H,13,15-16H2,1-2H3/t17-/m0/s1. The highest BCUT2D eigenvalue weighted by molar-refractivity contribution is 6.09. The summed E-state index contributed by atoms with van der Waals surface area (Å²) in [6.45, 7) is 4.56. The number of halogens is 3. The number of alkyl halides is 3. The third kappa shape index (κ3) is 4.66. The van der Waals surface area contributed by atoms with Crippen LogP contribution in [0.15, 0.2) is 60.9 Å². The molecule has 2 aromatic heterocycles. The molecular weight excluding hydrogens is 497 g/mol. The zero-order valence-corrected chi connectivity index (χ0v) is 20.6. The minimum absolute atomic E-state index is 0.185. The van der Waals surface area contributed by atoms with E-state index in [2.05, 4.69) is 10.1 Å². The molecule has 0 saturated heterocycles. The fraction of sp³-hybridized carbons (Fsp3) is 0.259. The molecule has 194 valence electrons. The maximum Gasteiger partial charge on any atom is 0.417 e. The van der Waals surface area contributed by atoms with Gasteiger partial charge in [0.2, 0.25) is 0 Å². The molecule has 0 radical (unpaired) electrons. The van der Waals surface area contributed by atoms with Crippen LogP contribution in [0.4, 0.5) is 18.9 Å². The average Bonchev–Trinajstić information content (AvgIpc) is 3.50. The second-order valence-corrected chi connectivity index (χ2v) is 9.06. The molecule has 0 bridgehead atoms. The van der Waals surface area contributed by atoms with E-state index in [0.717, 1.165) is 17.7 Å². The molecule has 0 aliphatic carbocycles. The number of aryl methyl sites for hydroxylation is 1. The van der Waals surface area contributed by atoms with Crippen molar-refractivity contribution in [3.63, 3.8) is 0 Å². The van der Waals surface area contributed by atoms with Gasteiger partial charge in [0.25, 0.3) is 5.91 Å². The molecule has 5 rings (SSSR count). The van der Waals surface area contributed by atoms with Crippen molar-refractivity contribution in [2.45, 2.75) is 39.4 Å². The first-order chi connectivity index (χ1) is 18.2. The summed E-state index contributed by atoms with van der Waals surface area (Å²) in [4.78, 5) is 19.6. The normalized spacial score (nSPS) is 15.4. The lowest BCUT2D eigenvalue weighted by Crippen LogP contribution is -2.43. The summed E-state index contributed by atoms with van der Waals surface area (Å²) in [7, 11) is 0. The number of fused-ring (bicyclic) bond motifs is 1. The number of rotatable bonds is 6. The molecule has 0 N–H and O–H groups in total. The molecule has 0 fully saturated rings. The first kappa shape index (κ1) is 25.2. The summed E-state index contributed by atoms with van der Waals surface area (Å²) >= 11 is 0. The van der Waals surface area contributed by atoms with Gasteiger partial charge in [0.15, 0.2) is 0 Å². The monoisotopic (exact) mass is 520 g/mol. The fourth-order valence-electron chi connectivity index (χ4n) is 4.52. The Morgan fingerprint density at radius 1 is 1.18 bits per heavy atom. The van der Waals surface area contributed by atoms with Crippen LogP contribution in [-0.2, 0) is 24.3 Å². The number of benzene rings is 2. The number of carbonyl (C=O) groups is 1. The van der Waals surface area contributed by atoms with Crippen LogP contribution in [0.1, 0.15) is 46.0 Å². The molecule has 0 spiro atoms. The van der Waals surface area contributed by atoms with E-state index >= 15 is 0 Å². The lowest BCUT2D eigenvalue weighted by Gasteiger charge is -2.32. The Labute approximate surface area is 216 Å². The van der Waals surface area contributed by atoms with Crippen LogP contribution in [0.3, 0.4) is 0 Å². The molecule has 0 unspecified atom stereocenters. The van der Waals surface area contributed by atoms with Gasteiger partial charge in [0.1, 0.15) is 18.2 Å².